The molecule has 4 aromatic rings. The van der Waals surface area contributed by atoms with E-state index in [9.17, 15) is 4.79 Å². The molecule has 3 aromatic heterocycles. The summed E-state index contributed by atoms with van der Waals surface area (Å²) in [4.78, 5) is 24.7. The van der Waals surface area contributed by atoms with Crippen molar-refractivity contribution in [2.45, 2.75) is 25.7 Å². The molecule has 0 aliphatic carbocycles. The third-order valence-electron chi connectivity index (χ3n) is 6.79. The van der Waals surface area contributed by atoms with Crippen molar-refractivity contribution in [2.24, 2.45) is 4.99 Å². The zero-order valence-corrected chi connectivity index (χ0v) is 21.0. The number of carbonyl (C=O) groups is 1. The van der Waals surface area contributed by atoms with E-state index in [0.29, 0.717) is 22.9 Å². The van der Waals surface area contributed by atoms with Gasteiger partial charge in [0.2, 0.25) is 0 Å². The lowest BCUT2D eigenvalue weighted by atomic mass is 9.93. The molecule has 0 unspecified atom stereocenters. The van der Waals surface area contributed by atoms with E-state index in [1.807, 2.05) is 34.6 Å². The van der Waals surface area contributed by atoms with E-state index >= 15 is 0 Å². The summed E-state index contributed by atoms with van der Waals surface area (Å²) < 4.78 is 3.43. The summed E-state index contributed by atoms with van der Waals surface area (Å²) >= 11 is 1.88. The number of likely N-dealkylation sites (tertiary alicyclic amines) is 1. The first-order valence-electron chi connectivity index (χ1n) is 12.3. The van der Waals surface area contributed by atoms with Crippen molar-refractivity contribution in [3.8, 4) is 5.69 Å². The van der Waals surface area contributed by atoms with Gasteiger partial charge >= 0.3 is 0 Å². The Morgan fingerprint density at radius 3 is 2.81 bits per heavy atom. The van der Waals surface area contributed by atoms with Crippen LogP contribution in [0.25, 0.3) is 11.3 Å². The Morgan fingerprint density at radius 1 is 1.19 bits per heavy atom. The minimum atomic E-state index is -0.256. The normalized spacial score (nSPS) is 17.0. The van der Waals surface area contributed by atoms with Crippen LogP contribution >= 0.6 is 11.8 Å². The number of aliphatic imine (C=N–C) groups is 1. The zero-order chi connectivity index (χ0) is 24.5. The molecule has 1 saturated heterocycles. The van der Waals surface area contributed by atoms with Gasteiger partial charge in [0.1, 0.15) is 11.4 Å². The number of nitrogens with zero attached hydrogens (tertiary/aromatic N) is 7. The number of hydrogen-bond acceptors (Lipinski definition) is 7. The van der Waals surface area contributed by atoms with E-state index in [2.05, 4.69) is 44.3 Å². The molecule has 9 nitrogen and oxygen atoms in total. The number of anilines is 1. The zero-order valence-electron chi connectivity index (χ0n) is 20.2. The van der Waals surface area contributed by atoms with E-state index in [1.54, 1.807) is 29.2 Å². The molecule has 0 bridgehead atoms. The average Bonchev–Trinajstić information content (AvgIpc) is 3.65. The molecule has 1 N–H and O–H groups in total. The minimum Gasteiger partial charge on any atom is -0.306 e. The SMILES string of the molecule is Cc1ccc(-n2nc(C3CCN(CC4=NCCS4)CC3)cc2NC(=O)c2cnn3cccnc23)cc1. The van der Waals surface area contributed by atoms with Crippen LogP contribution in [-0.2, 0) is 0 Å². The summed E-state index contributed by atoms with van der Waals surface area (Å²) in [5.41, 5.74) is 4.04. The maximum Gasteiger partial charge on any atom is 0.262 e. The number of fused-ring (bicyclic) bond motifs is 1. The topological polar surface area (TPSA) is 92.7 Å². The summed E-state index contributed by atoms with van der Waals surface area (Å²) in [6.07, 6.45) is 7.06. The second-order valence-electron chi connectivity index (χ2n) is 9.28. The smallest absolute Gasteiger partial charge is 0.262 e. The van der Waals surface area contributed by atoms with Crippen molar-refractivity contribution in [1.29, 1.82) is 0 Å². The first-order valence-corrected chi connectivity index (χ1v) is 13.3. The second kappa shape index (κ2) is 9.87. The van der Waals surface area contributed by atoms with E-state index in [0.717, 1.165) is 56.2 Å². The molecule has 0 atom stereocenters. The van der Waals surface area contributed by atoms with Gasteiger partial charge in [0.25, 0.3) is 5.91 Å². The largest absolute Gasteiger partial charge is 0.306 e. The van der Waals surface area contributed by atoms with Crippen LogP contribution in [0.15, 0.2) is 60.0 Å². The second-order valence-corrected chi connectivity index (χ2v) is 10.4. The highest BCUT2D eigenvalue weighted by atomic mass is 32.2. The Bertz CT molecular complexity index is 1420. The number of benzene rings is 1. The highest BCUT2D eigenvalue weighted by molar-refractivity contribution is 8.14. The van der Waals surface area contributed by atoms with Crippen molar-refractivity contribution >= 4 is 34.2 Å². The van der Waals surface area contributed by atoms with Crippen molar-refractivity contribution in [3.05, 3.63) is 71.8 Å². The van der Waals surface area contributed by atoms with Gasteiger partial charge in [0.05, 0.1) is 22.6 Å². The highest BCUT2D eigenvalue weighted by Crippen LogP contribution is 2.31. The van der Waals surface area contributed by atoms with Gasteiger partial charge in [-0.15, -0.1) is 11.8 Å². The molecule has 5 heterocycles. The van der Waals surface area contributed by atoms with Crippen LogP contribution in [0.5, 0.6) is 0 Å². The summed E-state index contributed by atoms with van der Waals surface area (Å²) in [7, 11) is 0. The van der Waals surface area contributed by atoms with Gasteiger partial charge in [-0.3, -0.25) is 14.7 Å². The highest BCUT2D eigenvalue weighted by Gasteiger charge is 2.26. The van der Waals surface area contributed by atoms with Crippen molar-refractivity contribution in [1.82, 2.24) is 29.3 Å². The Morgan fingerprint density at radius 2 is 2.03 bits per heavy atom. The van der Waals surface area contributed by atoms with Crippen LogP contribution in [-0.4, -0.2) is 72.2 Å². The van der Waals surface area contributed by atoms with Gasteiger partial charge in [-0.25, -0.2) is 14.2 Å². The van der Waals surface area contributed by atoms with Crippen LogP contribution < -0.4 is 5.32 Å². The number of amides is 1. The lowest BCUT2D eigenvalue weighted by Gasteiger charge is -2.30. The van der Waals surface area contributed by atoms with Gasteiger partial charge in [0, 0.05) is 43.2 Å². The molecule has 36 heavy (non-hydrogen) atoms. The number of nitrogens with one attached hydrogen (secondary N) is 1. The van der Waals surface area contributed by atoms with Crippen LogP contribution in [0, 0.1) is 6.92 Å². The van der Waals surface area contributed by atoms with Crippen LogP contribution in [0.2, 0.25) is 0 Å². The van der Waals surface area contributed by atoms with Crippen LogP contribution in [0.1, 0.15) is 40.4 Å². The molecule has 2 aliphatic heterocycles. The third kappa shape index (κ3) is 4.66. The molecule has 6 rings (SSSR count). The molecule has 1 aromatic carbocycles. The molecule has 0 spiro atoms. The predicted molar refractivity (Wildman–Crippen MR) is 142 cm³/mol. The lowest BCUT2D eigenvalue weighted by Crippen LogP contribution is -2.36. The maximum absolute atomic E-state index is 13.3. The van der Waals surface area contributed by atoms with Crippen LogP contribution in [0.4, 0.5) is 5.82 Å². The maximum atomic E-state index is 13.3. The molecule has 184 valence electrons. The van der Waals surface area contributed by atoms with Crippen molar-refractivity contribution in [2.75, 3.05) is 37.2 Å². The Hall–Kier alpha value is -3.50. The number of aryl methyl sites for hydroxylation is 1. The quantitative estimate of drug-likeness (QED) is 0.433. The Kier molecular flexibility index (Phi) is 6.28. The molecular weight excluding hydrogens is 472 g/mol. The summed E-state index contributed by atoms with van der Waals surface area (Å²) in [6, 6.07) is 12.0. The number of hydrogen-bond donors (Lipinski definition) is 1. The summed E-state index contributed by atoms with van der Waals surface area (Å²) in [6.45, 7) is 6.02. The fraction of sp³-hybridized carbons (Fsp3) is 0.346. The fourth-order valence-corrected chi connectivity index (χ4v) is 5.67. The van der Waals surface area contributed by atoms with Crippen molar-refractivity contribution in [3.63, 3.8) is 0 Å². The Balaban J connectivity index is 1.24. The molecule has 2 aliphatic rings. The molecule has 1 amide bonds. The first kappa shape index (κ1) is 22.9. The number of piperidine rings is 1. The molecule has 10 heteroatoms. The van der Waals surface area contributed by atoms with Gasteiger partial charge in [-0.2, -0.15) is 10.2 Å². The number of thioether (sulfide) groups is 1. The molecule has 0 saturated carbocycles. The summed E-state index contributed by atoms with van der Waals surface area (Å²) in [5.74, 6) is 1.85. The molecular formula is C26H28N8OS. The van der Waals surface area contributed by atoms with E-state index in [1.165, 1.54) is 10.6 Å². The standard InChI is InChI=1S/C26H28N8OS/c1-18-3-5-20(6-4-18)34-23(30-26(35)21-16-29-33-11-2-9-28-25(21)33)15-22(31-34)19-7-12-32(13-8-19)17-24-27-10-14-36-24/h2-6,9,11,15-16,19H,7-8,10,12-14,17H2,1H3,(H,30,35). The van der Waals surface area contributed by atoms with Gasteiger partial charge in [-0.1, -0.05) is 17.7 Å². The minimum absolute atomic E-state index is 0.256. The number of carbonyl (C=O) groups excluding carboxylic acids is 1. The van der Waals surface area contributed by atoms with E-state index in [4.69, 9.17) is 5.10 Å². The monoisotopic (exact) mass is 500 g/mol. The predicted octanol–water partition coefficient (Wildman–Crippen LogP) is 3.80. The van der Waals surface area contributed by atoms with Gasteiger partial charge in [0.15, 0.2) is 5.65 Å². The van der Waals surface area contributed by atoms with Crippen molar-refractivity contribution < 1.29 is 4.79 Å². The summed E-state index contributed by atoms with van der Waals surface area (Å²) in [5, 5.41) is 13.6. The first-order chi connectivity index (χ1) is 17.6. The van der Waals surface area contributed by atoms with E-state index in [-0.39, 0.29) is 5.91 Å². The average molecular weight is 501 g/mol. The van der Waals surface area contributed by atoms with Gasteiger partial charge in [-0.05, 0) is 51.1 Å². The Labute approximate surface area is 213 Å². The lowest BCUT2D eigenvalue weighted by molar-refractivity contribution is 0.102. The number of aromatic nitrogens is 5. The third-order valence-corrected chi connectivity index (χ3v) is 7.76. The fourth-order valence-electron chi connectivity index (χ4n) is 4.79. The molecule has 1 fully saturated rings. The van der Waals surface area contributed by atoms with Gasteiger partial charge < -0.3 is 5.32 Å². The molecule has 0 radical (unpaired) electrons. The van der Waals surface area contributed by atoms with E-state index < -0.39 is 0 Å². The number of rotatable bonds is 6. The van der Waals surface area contributed by atoms with Crippen LogP contribution in [0.3, 0.4) is 0 Å².